The Labute approximate surface area is 256 Å². The quantitative estimate of drug-likeness (QED) is 0.0602. The summed E-state index contributed by atoms with van der Waals surface area (Å²) in [6.45, 7) is 8.04. The standard InChI is InChI=1S/C36H71NO4/c1-6-9-12-14-15-18-22-27-34(41-35(38)29-30-37(4)5)28-23-19-16-17-20-24-31-40-36(39)32-33(25-11-8-3)26-21-13-10-7-2/h33-34H,6-32H2,1-5H3. The molecule has 0 spiro atoms. The Morgan fingerprint density at radius 3 is 1.59 bits per heavy atom. The predicted molar refractivity (Wildman–Crippen MR) is 175 cm³/mol. The lowest BCUT2D eigenvalue weighted by molar-refractivity contribution is -0.150. The number of carbonyl (C=O) groups excluding carboxylic acids is 2. The molecule has 0 saturated heterocycles. The van der Waals surface area contributed by atoms with Crippen LogP contribution in [0.25, 0.3) is 0 Å². The van der Waals surface area contributed by atoms with Crippen LogP contribution in [0.15, 0.2) is 0 Å². The fourth-order valence-electron chi connectivity index (χ4n) is 5.51. The average Bonchev–Trinajstić information content (AvgIpc) is 2.95. The Kier molecular flexibility index (Phi) is 29.5. The molecule has 0 aromatic rings. The molecule has 0 fully saturated rings. The third kappa shape index (κ3) is 28.8. The lowest BCUT2D eigenvalue weighted by atomic mass is 9.92. The highest BCUT2D eigenvalue weighted by molar-refractivity contribution is 5.70. The molecule has 41 heavy (non-hydrogen) atoms. The maximum Gasteiger partial charge on any atom is 0.307 e. The van der Waals surface area contributed by atoms with Crippen LogP contribution >= 0.6 is 0 Å². The van der Waals surface area contributed by atoms with Crippen molar-refractivity contribution < 1.29 is 19.1 Å². The average molecular weight is 582 g/mol. The van der Waals surface area contributed by atoms with Gasteiger partial charge in [0, 0.05) is 13.0 Å². The van der Waals surface area contributed by atoms with E-state index in [1.807, 2.05) is 19.0 Å². The number of ether oxygens (including phenoxy) is 2. The molecular weight excluding hydrogens is 510 g/mol. The third-order valence-corrected chi connectivity index (χ3v) is 8.26. The lowest BCUT2D eigenvalue weighted by Crippen LogP contribution is -2.22. The maximum absolute atomic E-state index is 12.4. The fraction of sp³-hybridized carbons (Fsp3) is 0.944. The second-order valence-electron chi connectivity index (χ2n) is 12.8. The minimum atomic E-state index is -0.0469. The van der Waals surface area contributed by atoms with Gasteiger partial charge in [0.15, 0.2) is 0 Å². The zero-order valence-electron chi connectivity index (χ0n) is 28.3. The lowest BCUT2D eigenvalue weighted by Gasteiger charge is -2.19. The van der Waals surface area contributed by atoms with Crippen LogP contribution in [0.1, 0.15) is 181 Å². The topological polar surface area (TPSA) is 55.8 Å². The van der Waals surface area contributed by atoms with E-state index in [0.29, 0.717) is 25.4 Å². The Morgan fingerprint density at radius 2 is 1.02 bits per heavy atom. The first-order chi connectivity index (χ1) is 19.9. The van der Waals surface area contributed by atoms with E-state index in [0.717, 1.165) is 51.5 Å². The highest BCUT2D eigenvalue weighted by atomic mass is 16.5. The number of esters is 2. The molecule has 244 valence electrons. The first kappa shape index (κ1) is 39.9. The SMILES string of the molecule is CCCCCCCCCC(CCCCCCCCOC(=O)CC(CCCC)CCCCCC)OC(=O)CCN(C)C. The molecule has 0 heterocycles. The largest absolute Gasteiger partial charge is 0.466 e. The highest BCUT2D eigenvalue weighted by Gasteiger charge is 2.16. The first-order valence-corrected chi connectivity index (χ1v) is 17.9. The van der Waals surface area contributed by atoms with Crippen LogP contribution in [0.4, 0.5) is 0 Å². The Balaban J connectivity index is 4.09. The van der Waals surface area contributed by atoms with Gasteiger partial charge in [0.1, 0.15) is 6.10 Å². The summed E-state index contributed by atoms with van der Waals surface area (Å²) in [6, 6.07) is 0. The van der Waals surface area contributed by atoms with Crippen LogP contribution in [0.2, 0.25) is 0 Å². The van der Waals surface area contributed by atoms with Crippen molar-refractivity contribution in [1.29, 1.82) is 0 Å². The zero-order valence-corrected chi connectivity index (χ0v) is 28.3. The Bertz CT molecular complexity index is 580. The number of hydrogen-bond donors (Lipinski definition) is 0. The van der Waals surface area contributed by atoms with Crippen molar-refractivity contribution in [1.82, 2.24) is 4.90 Å². The van der Waals surface area contributed by atoms with E-state index in [1.54, 1.807) is 0 Å². The van der Waals surface area contributed by atoms with Gasteiger partial charge in [-0.3, -0.25) is 9.59 Å². The molecule has 0 bridgehead atoms. The van der Waals surface area contributed by atoms with Crippen LogP contribution in [0.3, 0.4) is 0 Å². The van der Waals surface area contributed by atoms with Gasteiger partial charge in [-0.05, 0) is 65.0 Å². The van der Waals surface area contributed by atoms with Crippen molar-refractivity contribution in [3.8, 4) is 0 Å². The predicted octanol–water partition coefficient (Wildman–Crippen LogP) is 10.4. The van der Waals surface area contributed by atoms with E-state index < -0.39 is 0 Å². The number of rotatable bonds is 31. The van der Waals surface area contributed by atoms with Crippen molar-refractivity contribution in [2.75, 3.05) is 27.2 Å². The van der Waals surface area contributed by atoms with E-state index in [-0.39, 0.29) is 18.0 Å². The molecular formula is C36H71NO4. The van der Waals surface area contributed by atoms with Gasteiger partial charge in [-0.25, -0.2) is 0 Å². The summed E-state index contributed by atoms with van der Waals surface area (Å²) < 4.78 is 11.5. The van der Waals surface area contributed by atoms with E-state index >= 15 is 0 Å². The van der Waals surface area contributed by atoms with Crippen LogP contribution < -0.4 is 0 Å². The Hall–Kier alpha value is -1.10. The van der Waals surface area contributed by atoms with E-state index in [1.165, 1.54) is 103 Å². The molecule has 2 atom stereocenters. The van der Waals surface area contributed by atoms with Crippen molar-refractivity contribution in [3.63, 3.8) is 0 Å². The third-order valence-electron chi connectivity index (χ3n) is 8.26. The summed E-state index contributed by atoms with van der Waals surface area (Å²) in [7, 11) is 3.99. The molecule has 0 rings (SSSR count). The minimum Gasteiger partial charge on any atom is -0.466 e. The molecule has 0 radical (unpaired) electrons. The van der Waals surface area contributed by atoms with Gasteiger partial charge >= 0.3 is 11.9 Å². The molecule has 0 amide bonds. The summed E-state index contributed by atoms with van der Waals surface area (Å²) in [5.74, 6) is 0.462. The van der Waals surface area contributed by atoms with Crippen LogP contribution in [-0.4, -0.2) is 50.2 Å². The second-order valence-corrected chi connectivity index (χ2v) is 12.8. The summed E-state index contributed by atoms with van der Waals surface area (Å²) in [5, 5.41) is 0. The number of carbonyl (C=O) groups is 2. The van der Waals surface area contributed by atoms with E-state index in [9.17, 15) is 9.59 Å². The Morgan fingerprint density at radius 1 is 0.561 bits per heavy atom. The molecule has 0 aliphatic heterocycles. The number of unbranched alkanes of at least 4 members (excludes halogenated alkanes) is 15. The van der Waals surface area contributed by atoms with Gasteiger partial charge in [0.2, 0.25) is 0 Å². The molecule has 0 aromatic carbocycles. The summed E-state index contributed by atoms with van der Waals surface area (Å²) >= 11 is 0. The smallest absolute Gasteiger partial charge is 0.307 e. The molecule has 2 unspecified atom stereocenters. The van der Waals surface area contributed by atoms with Gasteiger partial charge < -0.3 is 14.4 Å². The van der Waals surface area contributed by atoms with Gasteiger partial charge in [0.05, 0.1) is 13.0 Å². The second kappa shape index (κ2) is 30.4. The molecule has 0 aliphatic carbocycles. The van der Waals surface area contributed by atoms with Crippen LogP contribution in [0.5, 0.6) is 0 Å². The number of hydrogen-bond acceptors (Lipinski definition) is 5. The monoisotopic (exact) mass is 582 g/mol. The van der Waals surface area contributed by atoms with E-state index in [2.05, 4.69) is 20.8 Å². The van der Waals surface area contributed by atoms with Gasteiger partial charge in [-0.2, -0.15) is 0 Å². The zero-order chi connectivity index (χ0) is 30.4. The van der Waals surface area contributed by atoms with Crippen LogP contribution in [-0.2, 0) is 19.1 Å². The minimum absolute atomic E-state index is 0.00808. The molecule has 5 nitrogen and oxygen atoms in total. The van der Waals surface area contributed by atoms with Crippen molar-refractivity contribution >= 4 is 11.9 Å². The normalized spacial score (nSPS) is 12.9. The maximum atomic E-state index is 12.4. The van der Waals surface area contributed by atoms with Crippen molar-refractivity contribution in [2.24, 2.45) is 5.92 Å². The molecule has 0 aliphatic rings. The van der Waals surface area contributed by atoms with Gasteiger partial charge in [0.25, 0.3) is 0 Å². The summed E-state index contributed by atoms with van der Waals surface area (Å²) in [4.78, 5) is 26.8. The fourth-order valence-corrected chi connectivity index (χ4v) is 5.51. The molecule has 0 aromatic heterocycles. The highest BCUT2D eigenvalue weighted by Crippen LogP contribution is 2.22. The number of nitrogens with zero attached hydrogens (tertiary/aromatic N) is 1. The van der Waals surface area contributed by atoms with E-state index in [4.69, 9.17) is 9.47 Å². The van der Waals surface area contributed by atoms with Crippen molar-refractivity contribution in [2.45, 2.75) is 187 Å². The molecule has 0 saturated carbocycles. The van der Waals surface area contributed by atoms with Gasteiger partial charge in [-0.15, -0.1) is 0 Å². The first-order valence-electron chi connectivity index (χ1n) is 17.9. The molecule has 0 N–H and O–H groups in total. The van der Waals surface area contributed by atoms with Gasteiger partial charge in [-0.1, -0.05) is 124 Å². The van der Waals surface area contributed by atoms with Crippen LogP contribution in [0, 0.1) is 5.92 Å². The molecule has 5 heteroatoms. The summed E-state index contributed by atoms with van der Waals surface area (Å²) in [5.41, 5.74) is 0. The van der Waals surface area contributed by atoms with Crippen molar-refractivity contribution in [3.05, 3.63) is 0 Å². The summed E-state index contributed by atoms with van der Waals surface area (Å²) in [6.07, 6.45) is 28.8.